The number of aromatic nitrogens is 1. The fourth-order valence-corrected chi connectivity index (χ4v) is 4.93. The first-order valence-corrected chi connectivity index (χ1v) is 13.3. The minimum absolute atomic E-state index is 0.0219. The topological polar surface area (TPSA) is 113 Å². The third kappa shape index (κ3) is 5.81. The highest BCUT2D eigenvalue weighted by molar-refractivity contribution is 6.07. The molecule has 0 atom stereocenters. The number of nitriles is 1. The predicted molar refractivity (Wildman–Crippen MR) is 146 cm³/mol. The van der Waals surface area contributed by atoms with Crippen LogP contribution in [0, 0.1) is 17.1 Å². The number of amides is 3. The first-order valence-electron chi connectivity index (χ1n) is 13.3. The average Bonchev–Trinajstić information content (AvgIpc) is 3.29. The Morgan fingerprint density at radius 2 is 1.80 bits per heavy atom. The number of benzene rings is 2. The molecule has 0 N–H and O–H groups in total. The molecule has 2 aliphatic heterocycles. The zero-order valence-electron chi connectivity index (χ0n) is 23.1. The lowest BCUT2D eigenvalue weighted by molar-refractivity contribution is 0.0246. The Kier molecular flexibility index (Phi) is 7.56. The van der Waals surface area contributed by atoms with Gasteiger partial charge in [0.1, 0.15) is 11.4 Å². The van der Waals surface area contributed by atoms with Gasteiger partial charge in [-0.2, -0.15) is 5.26 Å². The summed E-state index contributed by atoms with van der Waals surface area (Å²) in [5.74, 6) is -1.27. The lowest BCUT2D eigenvalue weighted by Crippen LogP contribution is -2.40. The monoisotopic (exact) mass is 556 g/mol. The second-order valence-corrected chi connectivity index (χ2v) is 10.9. The highest BCUT2D eigenvalue weighted by Gasteiger charge is 2.38. The van der Waals surface area contributed by atoms with Gasteiger partial charge in [-0.3, -0.25) is 9.59 Å². The molecule has 2 aliphatic rings. The van der Waals surface area contributed by atoms with Gasteiger partial charge in [-0.15, -0.1) is 0 Å². The van der Waals surface area contributed by atoms with Crippen molar-refractivity contribution in [2.45, 2.75) is 39.3 Å². The summed E-state index contributed by atoms with van der Waals surface area (Å²) in [6, 6.07) is 14.8. The summed E-state index contributed by atoms with van der Waals surface area (Å²) in [5, 5.41) is 9.63. The van der Waals surface area contributed by atoms with Crippen LogP contribution in [0.2, 0.25) is 0 Å². The number of carbonyl (C=O) groups excluding carboxylic acids is 3. The molecule has 1 saturated heterocycles. The van der Waals surface area contributed by atoms with E-state index in [2.05, 4.69) is 4.98 Å². The molecule has 0 aliphatic carbocycles. The SMILES string of the molecule is CC(C)(C)OC(=O)N1Cc2nc(-c3c(F)cccc3C#N)cc(Cc3ccc(C(=O)N4CCOCC4)cc3)c2C1=O. The molecule has 0 saturated carbocycles. The van der Waals surface area contributed by atoms with Crippen LogP contribution in [-0.4, -0.2) is 64.6 Å². The second kappa shape index (κ2) is 11.1. The van der Waals surface area contributed by atoms with Crippen LogP contribution in [0.25, 0.3) is 11.3 Å². The summed E-state index contributed by atoms with van der Waals surface area (Å²) >= 11 is 0. The molecular weight excluding hydrogens is 527 g/mol. The summed E-state index contributed by atoms with van der Waals surface area (Å²) < 4.78 is 25.7. The third-order valence-electron chi connectivity index (χ3n) is 6.84. The molecular formula is C31H29FN4O5. The first kappa shape index (κ1) is 27.9. The van der Waals surface area contributed by atoms with E-state index in [9.17, 15) is 24.0 Å². The van der Waals surface area contributed by atoms with Crippen LogP contribution in [0.5, 0.6) is 0 Å². The zero-order chi connectivity index (χ0) is 29.3. The Hall–Kier alpha value is -4.62. The van der Waals surface area contributed by atoms with E-state index in [1.165, 1.54) is 18.2 Å². The zero-order valence-corrected chi connectivity index (χ0v) is 23.1. The molecule has 0 radical (unpaired) electrons. The summed E-state index contributed by atoms with van der Waals surface area (Å²) in [5.41, 5.74) is 1.86. The Labute approximate surface area is 237 Å². The van der Waals surface area contributed by atoms with Crippen molar-refractivity contribution < 1.29 is 28.2 Å². The van der Waals surface area contributed by atoms with E-state index in [0.29, 0.717) is 43.1 Å². The summed E-state index contributed by atoms with van der Waals surface area (Å²) in [4.78, 5) is 46.5. The van der Waals surface area contributed by atoms with Crippen molar-refractivity contribution in [1.29, 1.82) is 5.26 Å². The largest absolute Gasteiger partial charge is 0.443 e. The van der Waals surface area contributed by atoms with Crippen LogP contribution < -0.4 is 0 Å². The molecule has 1 fully saturated rings. The van der Waals surface area contributed by atoms with Crippen LogP contribution in [0.3, 0.4) is 0 Å². The fourth-order valence-electron chi connectivity index (χ4n) is 4.93. The normalized spacial score (nSPS) is 15.0. The number of pyridine rings is 1. The van der Waals surface area contributed by atoms with Gasteiger partial charge in [0, 0.05) is 18.7 Å². The molecule has 1 aromatic heterocycles. The molecule has 3 amide bonds. The second-order valence-electron chi connectivity index (χ2n) is 10.9. The summed E-state index contributed by atoms with van der Waals surface area (Å²) in [6.45, 7) is 7.03. The van der Waals surface area contributed by atoms with E-state index in [1.807, 2.05) is 6.07 Å². The molecule has 0 bridgehead atoms. The average molecular weight is 557 g/mol. The maximum atomic E-state index is 15.0. The maximum Gasteiger partial charge on any atom is 0.417 e. The number of halogens is 1. The van der Waals surface area contributed by atoms with E-state index in [1.54, 1.807) is 56.0 Å². The van der Waals surface area contributed by atoms with Crippen molar-refractivity contribution in [2.75, 3.05) is 26.3 Å². The molecule has 2 aromatic carbocycles. The van der Waals surface area contributed by atoms with Gasteiger partial charge in [0.2, 0.25) is 0 Å². The van der Waals surface area contributed by atoms with Gasteiger partial charge < -0.3 is 14.4 Å². The maximum absolute atomic E-state index is 15.0. The van der Waals surface area contributed by atoms with Crippen LogP contribution in [0.15, 0.2) is 48.5 Å². The van der Waals surface area contributed by atoms with Crippen LogP contribution >= 0.6 is 0 Å². The Morgan fingerprint density at radius 1 is 1.10 bits per heavy atom. The molecule has 3 heterocycles. The number of morpholine rings is 1. The van der Waals surface area contributed by atoms with E-state index in [0.717, 1.165) is 10.5 Å². The number of hydrogen-bond acceptors (Lipinski definition) is 7. The number of imide groups is 1. The van der Waals surface area contributed by atoms with Gasteiger partial charge in [-0.05, 0) is 68.7 Å². The minimum atomic E-state index is -0.817. The smallest absolute Gasteiger partial charge is 0.417 e. The number of rotatable bonds is 4. The van der Waals surface area contributed by atoms with Crippen LogP contribution in [0.4, 0.5) is 9.18 Å². The predicted octanol–water partition coefficient (Wildman–Crippen LogP) is 4.71. The van der Waals surface area contributed by atoms with Gasteiger partial charge in [0.25, 0.3) is 11.8 Å². The quantitative estimate of drug-likeness (QED) is 0.457. The van der Waals surface area contributed by atoms with Crippen molar-refractivity contribution in [3.05, 3.63) is 87.9 Å². The standard InChI is InChI=1S/C31H29FN4O5/c1-31(2,3)41-30(39)36-18-25-27(29(36)38)22(16-24(34-25)26-21(17-33)5-4-6-23(26)32)15-19-7-9-20(10-8-19)28(37)35-11-13-40-14-12-35/h4-10,16H,11-15,18H2,1-3H3. The van der Waals surface area contributed by atoms with E-state index in [-0.39, 0.29) is 41.3 Å². The Bertz CT molecular complexity index is 1570. The molecule has 0 spiro atoms. The van der Waals surface area contributed by atoms with E-state index in [4.69, 9.17) is 9.47 Å². The lowest BCUT2D eigenvalue weighted by Gasteiger charge is -2.26. The molecule has 0 unspecified atom stereocenters. The summed E-state index contributed by atoms with van der Waals surface area (Å²) in [7, 11) is 0. The number of ether oxygens (including phenoxy) is 2. The van der Waals surface area contributed by atoms with Crippen molar-refractivity contribution in [3.63, 3.8) is 0 Å². The van der Waals surface area contributed by atoms with Crippen molar-refractivity contribution in [1.82, 2.24) is 14.8 Å². The highest BCUT2D eigenvalue weighted by Crippen LogP contribution is 2.33. The molecule has 5 rings (SSSR count). The Balaban J connectivity index is 1.52. The van der Waals surface area contributed by atoms with Crippen molar-refractivity contribution >= 4 is 17.9 Å². The third-order valence-corrected chi connectivity index (χ3v) is 6.84. The number of hydrogen-bond donors (Lipinski definition) is 0. The Morgan fingerprint density at radius 3 is 2.46 bits per heavy atom. The molecule has 10 heteroatoms. The molecule has 41 heavy (non-hydrogen) atoms. The molecule has 9 nitrogen and oxygen atoms in total. The first-order chi connectivity index (χ1) is 19.6. The fraction of sp³-hybridized carbons (Fsp3) is 0.323. The van der Waals surface area contributed by atoms with Crippen LogP contribution in [-0.2, 0) is 22.4 Å². The highest BCUT2D eigenvalue weighted by atomic mass is 19.1. The molecule has 3 aromatic rings. The minimum Gasteiger partial charge on any atom is -0.443 e. The van der Waals surface area contributed by atoms with Crippen molar-refractivity contribution in [3.8, 4) is 17.3 Å². The molecule has 210 valence electrons. The van der Waals surface area contributed by atoms with E-state index >= 15 is 0 Å². The van der Waals surface area contributed by atoms with Crippen molar-refractivity contribution in [2.24, 2.45) is 0 Å². The summed E-state index contributed by atoms with van der Waals surface area (Å²) in [6.07, 6.45) is -0.559. The number of fused-ring (bicyclic) bond motifs is 1. The van der Waals surface area contributed by atoms with Gasteiger partial charge in [-0.25, -0.2) is 19.1 Å². The van der Waals surface area contributed by atoms with Gasteiger partial charge >= 0.3 is 6.09 Å². The van der Waals surface area contributed by atoms with Gasteiger partial charge in [0.05, 0.1) is 53.9 Å². The van der Waals surface area contributed by atoms with E-state index < -0.39 is 23.4 Å². The van der Waals surface area contributed by atoms with Crippen LogP contribution in [0.1, 0.15) is 63.9 Å². The number of nitrogens with zero attached hydrogens (tertiary/aromatic N) is 4. The lowest BCUT2D eigenvalue weighted by atomic mass is 9.95. The van der Waals surface area contributed by atoms with Gasteiger partial charge in [-0.1, -0.05) is 18.2 Å². The van der Waals surface area contributed by atoms with Gasteiger partial charge in [0.15, 0.2) is 0 Å². The number of carbonyl (C=O) groups is 3.